The maximum absolute atomic E-state index is 12.4. The van der Waals surface area contributed by atoms with Crippen molar-refractivity contribution in [2.45, 2.75) is 25.9 Å². The van der Waals surface area contributed by atoms with Crippen LogP contribution in [-0.4, -0.2) is 33.9 Å². The van der Waals surface area contributed by atoms with Crippen molar-refractivity contribution in [3.8, 4) is 5.75 Å². The second-order valence-electron chi connectivity index (χ2n) is 5.15. The molecule has 2 atom stereocenters. The second kappa shape index (κ2) is 6.95. The lowest BCUT2D eigenvalue weighted by Gasteiger charge is -2.19. The molecule has 2 unspecified atom stereocenters. The van der Waals surface area contributed by atoms with Gasteiger partial charge in [-0.3, -0.25) is 4.79 Å². The normalized spacial score (nSPS) is 13.2. The highest BCUT2D eigenvalue weighted by Crippen LogP contribution is 2.19. The molecule has 0 saturated carbocycles. The summed E-state index contributed by atoms with van der Waals surface area (Å²) in [6.45, 7) is 3.45. The van der Waals surface area contributed by atoms with Gasteiger partial charge >= 0.3 is 5.97 Å². The SMILES string of the molecule is COc1cccc(C(C)NC(=O)C(C)n2nccc2C(=O)O)c1. The van der Waals surface area contributed by atoms with Gasteiger partial charge in [-0.05, 0) is 37.6 Å². The lowest BCUT2D eigenvalue weighted by molar-refractivity contribution is -0.124. The third-order valence-corrected chi connectivity index (χ3v) is 3.59. The average Bonchev–Trinajstić information content (AvgIpc) is 3.03. The van der Waals surface area contributed by atoms with E-state index < -0.39 is 12.0 Å². The van der Waals surface area contributed by atoms with Crippen LogP contribution in [0.5, 0.6) is 5.75 Å². The van der Waals surface area contributed by atoms with Crippen LogP contribution in [0.4, 0.5) is 0 Å². The standard InChI is InChI=1S/C16H19N3O4/c1-10(12-5-4-6-13(9-12)23-3)18-15(20)11(2)19-14(16(21)22)7-8-17-19/h4-11H,1-3H3,(H,18,20)(H,21,22). The van der Waals surface area contributed by atoms with Gasteiger partial charge in [-0.15, -0.1) is 0 Å². The van der Waals surface area contributed by atoms with Gasteiger partial charge in [0.1, 0.15) is 17.5 Å². The predicted octanol–water partition coefficient (Wildman–Crippen LogP) is 2.03. The highest BCUT2D eigenvalue weighted by molar-refractivity contribution is 5.87. The minimum Gasteiger partial charge on any atom is -0.497 e. The Bertz CT molecular complexity index is 711. The molecule has 1 heterocycles. The number of methoxy groups -OCH3 is 1. The number of hydrogen-bond donors (Lipinski definition) is 2. The van der Waals surface area contributed by atoms with Crippen molar-refractivity contribution in [1.29, 1.82) is 0 Å². The Morgan fingerprint density at radius 3 is 2.70 bits per heavy atom. The summed E-state index contributed by atoms with van der Waals surface area (Å²) in [6.07, 6.45) is 1.36. The molecule has 2 rings (SSSR count). The Kier molecular flexibility index (Phi) is 5.00. The van der Waals surface area contributed by atoms with Crippen molar-refractivity contribution in [1.82, 2.24) is 15.1 Å². The van der Waals surface area contributed by atoms with Gasteiger partial charge in [-0.25, -0.2) is 9.48 Å². The van der Waals surface area contributed by atoms with E-state index in [1.807, 2.05) is 31.2 Å². The number of carbonyl (C=O) groups excluding carboxylic acids is 1. The van der Waals surface area contributed by atoms with E-state index in [9.17, 15) is 9.59 Å². The topological polar surface area (TPSA) is 93.5 Å². The second-order valence-corrected chi connectivity index (χ2v) is 5.15. The first kappa shape index (κ1) is 16.5. The van der Waals surface area contributed by atoms with Gasteiger partial charge < -0.3 is 15.2 Å². The Morgan fingerprint density at radius 1 is 1.30 bits per heavy atom. The summed E-state index contributed by atoms with van der Waals surface area (Å²) in [6, 6.07) is 7.77. The molecule has 1 aromatic carbocycles. The molecule has 7 heteroatoms. The molecule has 122 valence electrons. The van der Waals surface area contributed by atoms with Crippen molar-refractivity contribution in [3.63, 3.8) is 0 Å². The average molecular weight is 317 g/mol. The number of nitrogens with one attached hydrogen (secondary N) is 1. The lowest BCUT2D eigenvalue weighted by atomic mass is 10.1. The molecule has 0 radical (unpaired) electrons. The van der Waals surface area contributed by atoms with E-state index in [1.54, 1.807) is 14.0 Å². The van der Waals surface area contributed by atoms with Gasteiger partial charge in [0, 0.05) is 6.20 Å². The molecule has 23 heavy (non-hydrogen) atoms. The van der Waals surface area contributed by atoms with Crippen molar-refractivity contribution in [3.05, 3.63) is 47.8 Å². The van der Waals surface area contributed by atoms with E-state index in [0.717, 1.165) is 5.56 Å². The maximum atomic E-state index is 12.4. The number of aromatic carboxylic acids is 1. The molecule has 0 aliphatic rings. The molecule has 1 amide bonds. The van der Waals surface area contributed by atoms with E-state index >= 15 is 0 Å². The molecule has 0 saturated heterocycles. The Morgan fingerprint density at radius 2 is 2.04 bits per heavy atom. The van der Waals surface area contributed by atoms with Gasteiger partial charge in [0.15, 0.2) is 0 Å². The lowest BCUT2D eigenvalue weighted by Crippen LogP contribution is -2.34. The van der Waals surface area contributed by atoms with Crippen LogP contribution in [-0.2, 0) is 4.79 Å². The number of ether oxygens (including phenoxy) is 1. The van der Waals surface area contributed by atoms with E-state index in [2.05, 4.69) is 10.4 Å². The largest absolute Gasteiger partial charge is 0.497 e. The summed E-state index contributed by atoms with van der Waals surface area (Å²) < 4.78 is 6.36. The van der Waals surface area contributed by atoms with Crippen molar-refractivity contribution < 1.29 is 19.4 Å². The molecule has 0 bridgehead atoms. The molecule has 1 aromatic heterocycles. The van der Waals surface area contributed by atoms with Gasteiger partial charge in [-0.2, -0.15) is 5.10 Å². The van der Waals surface area contributed by atoms with Crippen LogP contribution in [0, 0.1) is 0 Å². The summed E-state index contributed by atoms with van der Waals surface area (Å²) in [4.78, 5) is 23.5. The summed E-state index contributed by atoms with van der Waals surface area (Å²) in [5, 5.41) is 15.9. The van der Waals surface area contributed by atoms with Gasteiger partial charge in [0.05, 0.1) is 13.2 Å². The fourth-order valence-electron chi connectivity index (χ4n) is 2.23. The highest BCUT2D eigenvalue weighted by atomic mass is 16.5. The Hall–Kier alpha value is -2.83. The molecule has 0 aliphatic heterocycles. The predicted molar refractivity (Wildman–Crippen MR) is 83.4 cm³/mol. The molecular formula is C16H19N3O4. The van der Waals surface area contributed by atoms with E-state index in [1.165, 1.54) is 16.9 Å². The smallest absolute Gasteiger partial charge is 0.354 e. The van der Waals surface area contributed by atoms with Crippen LogP contribution in [0.15, 0.2) is 36.5 Å². The number of nitrogens with zero attached hydrogens (tertiary/aromatic N) is 2. The van der Waals surface area contributed by atoms with Crippen molar-refractivity contribution >= 4 is 11.9 Å². The van der Waals surface area contributed by atoms with E-state index in [4.69, 9.17) is 9.84 Å². The highest BCUT2D eigenvalue weighted by Gasteiger charge is 2.22. The number of benzene rings is 1. The summed E-state index contributed by atoms with van der Waals surface area (Å²) in [5.74, 6) is -0.730. The fraction of sp³-hybridized carbons (Fsp3) is 0.312. The number of carboxylic acid groups (broad SMARTS) is 1. The number of hydrogen-bond acceptors (Lipinski definition) is 4. The van der Waals surface area contributed by atoms with Crippen LogP contribution in [0.1, 0.15) is 42.0 Å². The number of rotatable bonds is 6. The van der Waals surface area contributed by atoms with Crippen LogP contribution in [0.25, 0.3) is 0 Å². The molecule has 7 nitrogen and oxygen atoms in total. The van der Waals surface area contributed by atoms with Crippen molar-refractivity contribution in [2.24, 2.45) is 0 Å². The van der Waals surface area contributed by atoms with Crippen LogP contribution >= 0.6 is 0 Å². The zero-order valence-electron chi connectivity index (χ0n) is 13.2. The third-order valence-electron chi connectivity index (χ3n) is 3.59. The number of amides is 1. The summed E-state index contributed by atoms with van der Waals surface area (Å²) >= 11 is 0. The molecular weight excluding hydrogens is 298 g/mol. The quantitative estimate of drug-likeness (QED) is 0.850. The van der Waals surface area contributed by atoms with Gasteiger partial charge in [0.2, 0.25) is 5.91 Å². The number of aromatic nitrogens is 2. The first-order chi connectivity index (χ1) is 10.9. The first-order valence-electron chi connectivity index (χ1n) is 7.15. The Labute approximate surface area is 133 Å². The minimum atomic E-state index is -1.12. The van der Waals surface area contributed by atoms with Gasteiger partial charge in [0.25, 0.3) is 0 Å². The molecule has 0 aliphatic carbocycles. The van der Waals surface area contributed by atoms with Gasteiger partial charge in [-0.1, -0.05) is 12.1 Å². The Balaban J connectivity index is 2.11. The van der Waals surface area contributed by atoms with Crippen LogP contribution in [0.2, 0.25) is 0 Å². The molecule has 0 spiro atoms. The van der Waals surface area contributed by atoms with Crippen LogP contribution < -0.4 is 10.1 Å². The summed E-state index contributed by atoms with van der Waals surface area (Å²) in [5.41, 5.74) is 0.866. The van der Waals surface area contributed by atoms with Crippen molar-refractivity contribution in [2.75, 3.05) is 7.11 Å². The molecule has 2 aromatic rings. The zero-order chi connectivity index (χ0) is 17.0. The minimum absolute atomic E-state index is 0.0262. The summed E-state index contributed by atoms with van der Waals surface area (Å²) in [7, 11) is 1.58. The van der Waals surface area contributed by atoms with E-state index in [-0.39, 0.29) is 17.6 Å². The number of carbonyl (C=O) groups is 2. The zero-order valence-corrected chi connectivity index (χ0v) is 13.2. The maximum Gasteiger partial charge on any atom is 0.354 e. The van der Waals surface area contributed by atoms with Crippen LogP contribution in [0.3, 0.4) is 0 Å². The fourth-order valence-corrected chi connectivity index (χ4v) is 2.23. The van der Waals surface area contributed by atoms with E-state index in [0.29, 0.717) is 5.75 Å². The number of carboxylic acids is 1. The monoisotopic (exact) mass is 317 g/mol. The molecule has 0 fully saturated rings. The third kappa shape index (κ3) is 3.68. The molecule has 2 N–H and O–H groups in total. The first-order valence-corrected chi connectivity index (χ1v) is 7.15.